The van der Waals surface area contributed by atoms with Crippen LogP contribution in [0.25, 0.3) is 11.0 Å². The molecule has 0 spiro atoms. The Hall–Kier alpha value is -2.30. The number of benzene rings is 1. The summed E-state index contributed by atoms with van der Waals surface area (Å²) in [6.07, 6.45) is 1.60. The van der Waals surface area contributed by atoms with Crippen molar-refractivity contribution in [2.45, 2.75) is 13.0 Å². The van der Waals surface area contributed by atoms with E-state index in [1.54, 1.807) is 23.0 Å². The minimum Gasteiger partial charge on any atom is -0.467 e. The molecule has 5 heteroatoms. The molecule has 2 heterocycles. The second-order valence-electron chi connectivity index (χ2n) is 4.14. The Labute approximate surface area is 103 Å². The molecule has 18 heavy (non-hydrogen) atoms. The quantitative estimate of drug-likeness (QED) is 0.755. The van der Waals surface area contributed by atoms with Crippen LogP contribution in [0.4, 0.5) is 10.3 Å². The summed E-state index contributed by atoms with van der Waals surface area (Å²) in [5, 5.41) is 0. The summed E-state index contributed by atoms with van der Waals surface area (Å²) in [4.78, 5) is 4.07. The molecule has 0 saturated heterocycles. The highest BCUT2D eigenvalue weighted by Gasteiger charge is 2.18. The van der Waals surface area contributed by atoms with Crippen LogP contribution in [-0.2, 0) is 0 Å². The predicted molar refractivity (Wildman–Crippen MR) is 66.6 cm³/mol. The minimum absolute atomic E-state index is 0.133. The lowest BCUT2D eigenvalue weighted by Crippen LogP contribution is -2.09. The third kappa shape index (κ3) is 1.48. The van der Waals surface area contributed by atoms with Gasteiger partial charge in [0.2, 0.25) is 5.95 Å². The lowest BCUT2D eigenvalue weighted by Gasteiger charge is -2.13. The van der Waals surface area contributed by atoms with Crippen LogP contribution in [0.3, 0.4) is 0 Å². The third-order valence-corrected chi connectivity index (χ3v) is 3.04. The Morgan fingerprint density at radius 3 is 2.89 bits per heavy atom. The molecular formula is C13H12FN3O. The number of nitrogens with two attached hydrogens (primary N) is 1. The van der Waals surface area contributed by atoms with Gasteiger partial charge in [0, 0.05) is 0 Å². The lowest BCUT2D eigenvalue weighted by molar-refractivity contribution is 0.453. The summed E-state index contributed by atoms with van der Waals surface area (Å²) in [7, 11) is 0. The van der Waals surface area contributed by atoms with Crippen molar-refractivity contribution in [1.82, 2.24) is 9.55 Å². The van der Waals surface area contributed by atoms with Gasteiger partial charge in [-0.25, -0.2) is 9.37 Å². The number of rotatable bonds is 2. The van der Waals surface area contributed by atoms with Crippen LogP contribution >= 0.6 is 0 Å². The summed E-state index contributed by atoms with van der Waals surface area (Å²) in [5.41, 5.74) is 6.82. The van der Waals surface area contributed by atoms with Gasteiger partial charge >= 0.3 is 0 Å². The van der Waals surface area contributed by atoms with Gasteiger partial charge in [0.05, 0.1) is 17.8 Å². The topological polar surface area (TPSA) is 57.0 Å². The van der Waals surface area contributed by atoms with E-state index in [1.165, 1.54) is 6.07 Å². The average molecular weight is 245 g/mol. The molecule has 2 aromatic heterocycles. The third-order valence-electron chi connectivity index (χ3n) is 3.04. The van der Waals surface area contributed by atoms with Gasteiger partial charge < -0.3 is 10.2 Å². The van der Waals surface area contributed by atoms with E-state index in [1.807, 2.05) is 19.1 Å². The number of halogens is 1. The molecule has 0 bridgehead atoms. The van der Waals surface area contributed by atoms with Crippen molar-refractivity contribution in [1.29, 1.82) is 0 Å². The van der Waals surface area contributed by atoms with Gasteiger partial charge in [0.25, 0.3) is 0 Å². The molecule has 0 saturated carbocycles. The highest BCUT2D eigenvalue weighted by molar-refractivity contribution is 5.79. The minimum atomic E-state index is -0.371. The van der Waals surface area contributed by atoms with Gasteiger partial charge in [0.1, 0.15) is 11.3 Å². The van der Waals surface area contributed by atoms with E-state index in [2.05, 4.69) is 4.98 Å². The summed E-state index contributed by atoms with van der Waals surface area (Å²) in [6, 6.07) is 8.34. The number of para-hydroxylation sites is 1. The lowest BCUT2D eigenvalue weighted by atomic mass is 10.2. The fourth-order valence-corrected chi connectivity index (χ4v) is 2.16. The van der Waals surface area contributed by atoms with Crippen LogP contribution in [0.2, 0.25) is 0 Å². The standard InChI is InChI=1S/C13H12FN3O/c1-8(11-6-3-7-18-11)17-10-5-2-4-9(14)12(10)16-13(17)15/h2-8H,1H3,(H2,15,16). The van der Waals surface area contributed by atoms with Crippen molar-refractivity contribution in [2.75, 3.05) is 5.73 Å². The first-order valence-electron chi connectivity index (χ1n) is 5.64. The zero-order valence-electron chi connectivity index (χ0n) is 9.80. The van der Waals surface area contributed by atoms with E-state index in [-0.39, 0.29) is 23.3 Å². The van der Waals surface area contributed by atoms with E-state index >= 15 is 0 Å². The molecule has 0 amide bonds. The predicted octanol–water partition coefficient (Wildman–Crippen LogP) is 2.96. The molecule has 1 aromatic carbocycles. The Kier molecular flexibility index (Phi) is 2.33. The molecule has 3 aromatic rings. The van der Waals surface area contributed by atoms with Crippen molar-refractivity contribution >= 4 is 17.0 Å². The molecule has 3 rings (SSSR count). The molecule has 0 fully saturated rings. The van der Waals surface area contributed by atoms with Gasteiger partial charge in [-0.05, 0) is 31.2 Å². The number of aromatic nitrogens is 2. The number of hydrogen-bond donors (Lipinski definition) is 1. The van der Waals surface area contributed by atoms with Crippen molar-refractivity contribution in [3.05, 3.63) is 48.2 Å². The number of imidazole rings is 1. The molecule has 1 unspecified atom stereocenters. The number of fused-ring (bicyclic) bond motifs is 1. The number of anilines is 1. The van der Waals surface area contributed by atoms with Gasteiger partial charge in [-0.3, -0.25) is 4.57 Å². The molecule has 0 aliphatic rings. The summed E-state index contributed by atoms with van der Waals surface area (Å²) >= 11 is 0. The van der Waals surface area contributed by atoms with E-state index < -0.39 is 0 Å². The largest absolute Gasteiger partial charge is 0.467 e. The Morgan fingerprint density at radius 2 is 2.17 bits per heavy atom. The maximum Gasteiger partial charge on any atom is 0.202 e. The highest BCUT2D eigenvalue weighted by atomic mass is 19.1. The van der Waals surface area contributed by atoms with Gasteiger partial charge in [-0.1, -0.05) is 6.07 Å². The zero-order chi connectivity index (χ0) is 12.7. The smallest absolute Gasteiger partial charge is 0.202 e. The summed E-state index contributed by atoms with van der Waals surface area (Å²) < 4.78 is 20.7. The first kappa shape index (κ1) is 10.8. The molecule has 92 valence electrons. The molecule has 0 aliphatic heterocycles. The maximum absolute atomic E-state index is 13.6. The van der Waals surface area contributed by atoms with Crippen LogP contribution in [0.15, 0.2) is 41.0 Å². The van der Waals surface area contributed by atoms with Crippen LogP contribution in [0.1, 0.15) is 18.7 Å². The van der Waals surface area contributed by atoms with Gasteiger partial charge in [-0.15, -0.1) is 0 Å². The van der Waals surface area contributed by atoms with Crippen LogP contribution in [0.5, 0.6) is 0 Å². The van der Waals surface area contributed by atoms with E-state index in [9.17, 15) is 4.39 Å². The van der Waals surface area contributed by atoms with Crippen LogP contribution in [-0.4, -0.2) is 9.55 Å². The first-order valence-corrected chi connectivity index (χ1v) is 5.64. The number of nitrogen functional groups attached to an aromatic ring is 1. The van der Waals surface area contributed by atoms with E-state index in [4.69, 9.17) is 10.2 Å². The Balaban J connectivity index is 2.23. The molecule has 2 N–H and O–H groups in total. The maximum atomic E-state index is 13.6. The number of hydrogen-bond acceptors (Lipinski definition) is 3. The van der Waals surface area contributed by atoms with Crippen molar-refractivity contribution < 1.29 is 8.81 Å². The Bertz CT molecular complexity index is 688. The highest BCUT2D eigenvalue weighted by Crippen LogP contribution is 2.28. The molecule has 0 radical (unpaired) electrons. The summed E-state index contributed by atoms with van der Waals surface area (Å²) in [6.45, 7) is 1.93. The molecule has 4 nitrogen and oxygen atoms in total. The normalized spacial score (nSPS) is 13.0. The van der Waals surface area contributed by atoms with Crippen LogP contribution < -0.4 is 5.73 Å². The van der Waals surface area contributed by atoms with Crippen molar-refractivity contribution in [2.24, 2.45) is 0 Å². The van der Waals surface area contributed by atoms with Crippen LogP contribution in [0, 0.1) is 5.82 Å². The van der Waals surface area contributed by atoms with Gasteiger partial charge in [-0.2, -0.15) is 0 Å². The molecule has 0 aliphatic carbocycles. The summed E-state index contributed by atoms with van der Waals surface area (Å²) in [5.74, 6) is 0.661. The monoisotopic (exact) mass is 245 g/mol. The number of nitrogens with zero attached hydrogens (tertiary/aromatic N) is 2. The fourth-order valence-electron chi connectivity index (χ4n) is 2.16. The molecular weight excluding hydrogens is 233 g/mol. The average Bonchev–Trinajstić information content (AvgIpc) is 2.96. The SMILES string of the molecule is CC(c1ccco1)n1c(N)nc2c(F)cccc21. The Morgan fingerprint density at radius 1 is 1.33 bits per heavy atom. The van der Waals surface area contributed by atoms with Crippen molar-refractivity contribution in [3.8, 4) is 0 Å². The van der Waals surface area contributed by atoms with E-state index in [0.717, 1.165) is 5.76 Å². The van der Waals surface area contributed by atoms with Gasteiger partial charge in [0.15, 0.2) is 5.82 Å². The zero-order valence-corrected chi connectivity index (χ0v) is 9.80. The fraction of sp³-hybridized carbons (Fsp3) is 0.154. The number of furan rings is 1. The molecule has 1 atom stereocenters. The van der Waals surface area contributed by atoms with E-state index in [0.29, 0.717) is 5.52 Å². The first-order chi connectivity index (χ1) is 8.68. The van der Waals surface area contributed by atoms with Crippen molar-refractivity contribution in [3.63, 3.8) is 0 Å². The second-order valence-corrected chi connectivity index (χ2v) is 4.14. The second kappa shape index (κ2) is 3.87.